The van der Waals surface area contributed by atoms with E-state index in [0.29, 0.717) is 10.0 Å². The van der Waals surface area contributed by atoms with E-state index < -0.39 is 0 Å². The Morgan fingerprint density at radius 3 is 2.25 bits per heavy atom. The molecule has 1 atom stereocenters. The third-order valence-corrected chi connectivity index (χ3v) is 3.82. The first kappa shape index (κ1) is 15.3. The van der Waals surface area contributed by atoms with Crippen LogP contribution in [0.2, 0.25) is 10.0 Å². The Morgan fingerprint density at radius 2 is 1.65 bits per heavy atom. The molecule has 20 heavy (non-hydrogen) atoms. The van der Waals surface area contributed by atoms with Gasteiger partial charge in [0.05, 0.1) is 16.1 Å². The van der Waals surface area contributed by atoms with Gasteiger partial charge in [0.25, 0.3) is 0 Å². The summed E-state index contributed by atoms with van der Waals surface area (Å²) in [6.07, 6.45) is 1.01. The van der Waals surface area contributed by atoms with E-state index in [1.807, 2.05) is 12.1 Å². The van der Waals surface area contributed by atoms with Crippen LogP contribution < -0.4 is 5.32 Å². The van der Waals surface area contributed by atoms with Crippen LogP contribution in [0.4, 0.5) is 4.39 Å². The molecule has 0 spiro atoms. The van der Waals surface area contributed by atoms with Gasteiger partial charge in [-0.1, -0.05) is 48.3 Å². The van der Waals surface area contributed by atoms with Gasteiger partial charge in [-0.3, -0.25) is 0 Å². The minimum absolute atomic E-state index is 0.0229. The van der Waals surface area contributed by atoms with E-state index in [4.69, 9.17) is 23.2 Å². The van der Waals surface area contributed by atoms with Gasteiger partial charge in [0.15, 0.2) is 0 Å². The summed E-state index contributed by atoms with van der Waals surface area (Å²) >= 11 is 12.0. The zero-order valence-electron chi connectivity index (χ0n) is 11.2. The van der Waals surface area contributed by atoms with Crippen molar-refractivity contribution in [3.8, 4) is 0 Å². The molecular weight excluding hydrogens is 296 g/mol. The topological polar surface area (TPSA) is 12.0 Å². The summed E-state index contributed by atoms with van der Waals surface area (Å²) in [5.74, 6) is -0.239. The molecule has 2 rings (SSSR count). The zero-order valence-corrected chi connectivity index (χ0v) is 12.7. The quantitative estimate of drug-likeness (QED) is 0.798. The van der Waals surface area contributed by atoms with Gasteiger partial charge < -0.3 is 5.32 Å². The van der Waals surface area contributed by atoms with E-state index >= 15 is 0 Å². The Balaban J connectivity index is 2.35. The monoisotopic (exact) mass is 311 g/mol. The van der Waals surface area contributed by atoms with Crippen molar-refractivity contribution >= 4 is 23.2 Å². The first-order valence-corrected chi connectivity index (χ1v) is 7.31. The second-order valence-electron chi connectivity index (χ2n) is 4.61. The normalized spacial score (nSPS) is 12.4. The lowest BCUT2D eigenvalue weighted by Gasteiger charge is -2.20. The van der Waals surface area contributed by atoms with E-state index in [1.165, 1.54) is 12.1 Å². The summed E-state index contributed by atoms with van der Waals surface area (Å²) in [4.78, 5) is 0. The molecule has 1 N–H and O–H groups in total. The molecule has 4 heteroatoms. The number of rotatable bonds is 5. The highest BCUT2D eigenvalue weighted by atomic mass is 35.5. The Kier molecular flexibility index (Phi) is 5.41. The molecular formula is C16H16Cl2FN. The van der Waals surface area contributed by atoms with E-state index in [0.717, 1.165) is 24.1 Å². The van der Waals surface area contributed by atoms with Gasteiger partial charge in [-0.15, -0.1) is 0 Å². The molecule has 0 saturated carbocycles. The van der Waals surface area contributed by atoms with E-state index in [-0.39, 0.29) is 11.9 Å². The maximum absolute atomic E-state index is 13.1. The minimum atomic E-state index is -0.239. The predicted octanol–water partition coefficient (Wildman–Crippen LogP) is 5.22. The summed E-state index contributed by atoms with van der Waals surface area (Å²) in [6.45, 7) is 2.96. The van der Waals surface area contributed by atoms with Gasteiger partial charge in [-0.2, -0.15) is 0 Å². The zero-order chi connectivity index (χ0) is 14.5. The van der Waals surface area contributed by atoms with Crippen molar-refractivity contribution in [2.75, 3.05) is 6.54 Å². The van der Waals surface area contributed by atoms with Crippen molar-refractivity contribution in [2.24, 2.45) is 0 Å². The average Bonchev–Trinajstić information content (AvgIpc) is 2.45. The third kappa shape index (κ3) is 3.72. The minimum Gasteiger partial charge on any atom is -0.306 e. The van der Waals surface area contributed by atoms with Crippen molar-refractivity contribution in [1.82, 2.24) is 5.32 Å². The SMILES string of the molecule is CCCNC(c1ccc(F)cc1)c1ccc(Cl)c(Cl)c1. The fraction of sp³-hybridized carbons (Fsp3) is 0.250. The van der Waals surface area contributed by atoms with Crippen molar-refractivity contribution < 1.29 is 4.39 Å². The predicted molar refractivity (Wildman–Crippen MR) is 83.0 cm³/mol. The lowest BCUT2D eigenvalue weighted by molar-refractivity contribution is 0.593. The molecule has 0 heterocycles. The third-order valence-electron chi connectivity index (χ3n) is 3.08. The summed E-state index contributed by atoms with van der Waals surface area (Å²) in [7, 11) is 0. The number of hydrogen-bond donors (Lipinski definition) is 1. The number of hydrogen-bond acceptors (Lipinski definition) is 1. The molecule has 0 fully saturated rings. The molecule has 1 unspecified atom stereocenters. The van der Waals surface area contributed by atoms with Crippen LogP contribution in [-0.4, -0.2) is 6.54 Å². The standard InChI is InChI=1S/C16H16Cl2FN/c1-2-9-20-16(11-3-6-13(19)7-4-11)12-5-8-14(17)15(18)10-12/h3-8,10,16,20H,2,9H2,1H3. The molecule has 2 aromatic carbocycles. The van der Waals surface area contributed by atoms with Gasteiger partial charge in [0.2, 0.25) is 0 Å². The fourth-order valence-corrected chi connectivity index (χ4v) is 2.37. The van der Waals surface area contributed by atoms with Gasteiger partial charge >= 0.3 is 0 Å². The Bertz CT molecular complexity index is 569. The van der Waals surface area contributed by atoms with Crippen LogP contribution in [0.1, 0.15) is 30.5 Å². The second kappa shape index (κ2) is 7.07. The van der Waals surface area contributed by atoms with Gasteiger partial charge in [-0.25, -0.2) is 4.39 Å². The fourth-order valence-electron chi connectivity index (χ4n) is 2.06. The smallest absolute Gasteiger partial charge is 0.123 e. The van der Waals surface area contributed by atoms with E-state index in [1.54, 1.807) is 18.2 Å². The lowest BCUT2D eigenvalue weighted by Crippen LogP contribution is -2.23. The van der Waals surface area contributed by atoms with Crippen LogP contribution in [0.15, 0.2) is 42.5 Å². The van der Waals surface area contributed by atoms with Crippen molar-refractivity contribution in [3.05, 3.63) is 69.5 Å². The van der Waals surface area contributed by atoms with Crippen LogP contribution >= 0.6 is 23.2 Å². The maximum Gasteiger partial charge on any atom is 0.123 e. The number of benzene rings is 2. The van der Waals surface area contributed by atoms with Crippen molar-refractivity contribution in [1.29, 1.82) is 0 Å². The molecule has 106 valence electrons. The Morgan fingerprint density at radius 1 is 1.00 bits per heavy atom. The van der Waals surface area contributed by atoms with Crippen LogP contribution in [0.3, 0.4) is 0 Å². The largest absolute Gasteiger partial charge is 0.306 e. The summed E-state index contributed by atoms with van der Waals surface area (Å²) in [5.41, 5.74) is 2.01. The van der Waals surface area contributed by atoms with Crippen LogP contribution in [0, 0.1) is 5.82 Å². The summed E-state index contributed by atoms with van der Waals surface area (Å²) < 4.78 is 13.1. The van der Waals surface area contributed by atoms with Gasteiger partial charge in [0.1, 0.15) is 5.82 Å². The Labute approximate surface area is 128 Å². The highest BCUT2D eigenvalue weighted by molar-refractivity contribution is 6.42. The number of halogens is 3. The molecule has 0 amide bonds. The van der Waals surface area contributed by atoms with Crippen LogP contribution in [0.25, 0.3) is 0 Å². The van der Waals surface area contributed by atoms with Crippen molar-refractivity contribution in [2.45, 2.75) is 19.4 Å². The highest BCUT2D eigenvalue weighted by Crippen LogP contribution is 2.29. The molecule has 0 saturated heterocycles. The van der Waals surface area contributed by atoms with Crippen molar-refractivity contribution in [3.63, 3.8) is 0 Å². The van der Waals surface area contributed by atoms with E-state index in [2.05, 4.69) is 12.2 Å². The highest BCUT2D eigenvalue weighted by Gasteiger charge is 2.14. The number of nitrogens with one attached hydrogen (secondary N) is 1. The van der Waals surface area contributed by atoms with Gasteiger partial charge in [0, 0.05) is 0 Å². The molecule has 0 aliphatic heterocycles. The molecule has 0 bridgehead atoms. The van der Waals surface area contributed by atoms with Crippen LogP contribution in [0.5, 0.6) is 0 Å². The molecule has 0 aliphatic carbocycles. The molecule has 1 nitrogen and oxygen atoms in total. The maximum atomic E-state index is 13.1. The summed E-state index contributed by atoms with van der Waals surface area (Å²) in [6, 6.07) is 12.0. The first-order valence-electron chi connectivity index (χ1n) is 6.55. The first-order chi connectivity index (χ1) is 9.61. The second-order valence-corrected chi connectivity index (χ2v) is 5.43. The van der Waals surface area contributed by atoms with Gasteiger partial charge in [-0.05, 0) is 48.4 Å². The van der Waals surface area contributed by atoms with Crippen LogP contribution in [-0.2, 0) is 0 Å². The summed E-state index contributed by atoms with van der Waals surface area (Å²) in [5, 5.41) is 4.50. The lowest BCUT2D eigenvalue weighted by atomic mass is 9.98. The Hall–Kier alpha value is -1.09. The molecule has 0 radical (unpaired) electrons. The average molecular weight is 312 g/mol. The molecule has 0 aromatic heterocycles. The van der Waals surface area contributed by atoms with E-state index in [9.17, 15) is 4.39 Å². The molecule has 2 aromatic rings. The molecule has 0 aliphatic rings.